The molecule has 0 aromatic heterocycles. The molecule has 2 N–H and O–H groups in total. The number of allylic oxidation sites excluding steroid dienone is 2. The van der Waals surface area contributed by atoms with Crippen LogP contribution < -0.4 is 15.5 Å². The Kier molecular flexibility index (Phi) is 8.12. The highest BCUT2D eigenvalue weighted by Gasteiger charge is 2.51. The van der Waals surface area contributed by atoms with Gasteiger partial charge in [0, 0.05) is 32.2 Å². The van der Waals surface area contributed by atoms with Crippen LogP contribution in [-0.2, 0) is 9.59 Å². The number of nitriles is 2. The zero-order valence-corrected chi connectivity index (χ0v) is 23.6. The number of benzene rings is 2. The van der Waals surface area contributed by atoms with E-state index >= 15 is 0 Å². The first-order valence-electron chi connectivity index (χ1n) is 14.6. The van der Waals surface area contributed by atoms with Crippen molar-refractivity contribution < 1.29 is 9.59 Å². The van der Waals surface area contributed by atoms with E-state index in [9.17, 15) is 9.59 Å². The van der Waals surface area contributed by atoms with Gasteiger partial charge in [0.15, 0.2) is 0 Å². The van der Waals surface area contributed by atoms with E-state index in [0.717, 1.165) is 39.8 Å². The molecule has 7 heteroatoms. The number of fused-ring (bicyclic) bond motifs is 1. The molecule has 2 aromatic rings. The van der Waals surface area contributed by atoms with Crippen molar-refractivity contribution in [1.29, 1.82) is 10.5 Å². The SMILES string of the molecule is CC(=C(C#N)C#N)c1ccc2cc(N(C)CC(=O)NCCCNC(=O)CC34CC5CC(CC(C5)C3)C4)ccc2c1. The molecule has 4 aliphatic rings. The number of carbonyl (C=O) groups excluding carboxylic acids is 2. The second-order valence-electron chi connectivity index (χ2n) is 12.5. The van der Waals surface area contributed by atoms with Crippen molar-refractivity contribution in [3.63, 3.8) is 0 Å². The van der Waals surface area contributed by atoms with Crippen LogP contribution in [0.5, 0.6) is 0 Å². The number of likely N-dealkylation sites (N-methyl/N-ethyl adjacent to an activating group) is 1. The lowest BCUT2D eigenvalue weighted by Crippen LogP contribution is -2.48. The Labute approximate surface area is 237 Å². The molecule has 208 valence electrons. The molecule has 0 atom stereocenters. The third kappa shape index (κ3) is 6.15. The summed E-state index contributed by atoms with van der Waals surface area (Å²) in [5.74, 6) is 2.69. The van der Waals surface area contributed by atoms with E-state index in [0.29, 0.717) is 31.5 Å². The van der Waals surface area contributed by atoms with Gasteiger partial charge in [0.2, 0.25) is 11.8 Å². The van der Waals surface area contributed by atoms with Crippen molar-refractivity contribution in [1.82, 2.24) is 10.6 Å². The first kappa shape index (κ1) is 27.7. The van der Waals surface area contributed by atoms with E-state index < -0.39 is 0 Å². The third-order valence-corrected chi connectivity index (χ3v) is 9.38. The van der Waals surface area contributed by atoms with Crippen LogP contribution in [0.4, 0.5) is 5.69 Å². The van der Waals surface area contributed by atoms with Crippen molar-refractivity contribution in [2.24, 2.45) is 23.2 Å². The van der Waals surface area contributed by atoms with Gasteiger partial charge in [-0.2, -0.15) is 10.5 Å². The summed E-state index contributed by atoms with van der Waals surface area (Å²) in [4.78, 5) is 27.1. The molecule has 0 radical (unpaired) electrons. The number of amides is 2. The minimum absolute atomic E-state index is 0.0564. The number of hydrogen-bond donors (Lipinski definition) is 2. The van der Waals surface area contributed by atoms with Crippen molar-refractivity contribution in [2.45, 2.75) is 58.3 Å². The minimum atomic E-state index is -0.0564. The standard InChI is InChI=1S/C33H39N5O2/c1-22(29(19-34)20-35)26-4-5-28-14-30(7-6-27(28)13-26)38(2)21-32(40)37-9-3-8-36-31(39)18-33-15-23-10-24(16-33)12-25(11-23)17-33/h4-7,13-14,23-25H,3,8-12,15-18,21H2,1-2H3,(H,36,39)(H,37,40). The fraction of sp³-hybridized carbons (Fsp3) is 0.515. The molecule has 7 nitrogen and oxygen atoms in total. The van der Waals surface area contributed by atoms with Crippen molar-refractivity contribution in [3.8, 4) is 12.1 Å². The third-order valence-electron chi connectivity index (χ3n) is 9.38. The van der Waals surface area contributed by atoms with Crippen LogP contribution in [0.3, 0.4) is 0 Å². The summed E-state index contributed by atoms with van der Waals surface area (Å²) < 4.78 is 0. The molecule has 4 bridgehead atoms. The molecule has 40 heavy (non-hydrogen) atoms. The van der Waals surface area contributed by atoms with Gasteiger partial charge < -0.3 is 15.5 Å². The molecule has 0 unspecified atom stereocenters. The summed E-state index contributed by atoms with van der Waals surface area (Å²) in [5.41, 5.74) is 2.80. The fourth-order valence-electron chi connectivity index (χ4n) is 7.86. The Bertz CT molecular complexity index is 1360. The Morgan fingerprint density at radius 3 is 2.10 bits per heavy atom. The molecule has 4 aliphatic carbocycles. The lowest BCUT2D eigenvalue weighted by molar-refractivity contribution is -0.129. The normalized spacial score (nSPS) is 24.1. The first-order chi connectivity index (χ1) is 19.3. The van der Waals surface area contributed by atoms with Gasteiger partial charge in [0.25, 0.3) is 0 Å². The topological polar surface area (TPSA) is 109 Å². The van der Waals surface area contributed by atoms with E-state index in [-0.39, 0.29) is 29.3 Å². The average Bonchev–Trinajstić information content (AvgIpc) is 2.91. The lowest BCUT2D eigenvalue weighted by atomic mass is 9.49. The Hall–Kier alpha value is -3.84. The van der Waals surface area contributed by atoms with Gasteiger partial charge >= 0.3 is 0 Å². The Morgan fingerprint density at radius 2 is 1.48 bits per heavy atom. The molecule has 2 aromatic carbocycles. The van der Waals surface area contributed by atoms with E-state index in [1.54, 1.807) is 6.92 Å². The van der Waals surface area contributed by atoms with Crippen molar-refractivity contribution in [2.75, 3.05) is 31.6 Å². The summed E-state index contributed by atoms with van der Waals surface area (Å²) in [6, 6.07) is 15.7. The zero-order valence-electron chi connectivity index (χ0n) is 23.6. The molecule has 0 spiro atoms. The molecule has 6 rings (SSSR count). The summed E-state index contributed by atoms with van der Waals surface area (Å²) >= 11 is 0. The van der Waals surface area contributed by atoms with Crippen LogP contribution in [-0.4, -0.2) is 38.5 Å². The van der Waals surface area contributed by atoms with Crippen molar-refractivity contribution >= 4 is 33.8 Å². The number of nitrogens with zero attached hydrogens (tertiary/aromatic N) is 3. The second kappa shape index (κ2) is 11.7. The molecule has 0 heterocycles. The van der Waals surface area contributed by atoms with Gasteiger partial charge in [-0.3, -0.25) is 9.59 Å². The maximum atomic E-state index is 12.7. The van der Waals surface area contributed by atoms with E-state index in [4.69, 9.17) is 10.5 Å². The molecular weight excluding hydrogens is 498 g/mol. The van der Waals surface area contributed by atoms with Crippen molar-refractivity contribution in [3.05, 3.63) is 47.5 Å². The van der Waals surface area contributed by atoms with E-state index in [2.05, 4.69) is 10.6 Å². The van der Waals surface area contributed by atoms with Gasteiger partial charge in [-0.05, 0) is 115 Å². The first-order valence-corrected chi connectivity index (χ1v) is 14.6. The summed E-state index contributed by atoms with van der Waals surface area (Å²) in [5, 5.41) is 26.4. The Balaban J connectivity index is 1.04. The lowest BCUT2D eigenvalue weighted by Gasteiger charge is -2.56. The van der Waals surface area contributed by atoms with Gasteiger partial charge in [-0.1, -0.05) is 18.2 Å². The van der Waals surface area contributed by atoms with Crippen LogP contribution in [0.1, 0.15) is 63.9 Å². The summed E-state index contributed by atoms with van der Waals surface area (Å²) in [6.07, 6.45) is 9.31. The number of carbonyl (C=O) groups is 2. The number of anilines is 1. The number of hydrogen-bond acceptors (Lipinski definition) is 5. The maximum Gasteiger partial charge on any atom is 0.239 e. The van der Waals surface area contributed by atoms with Gasteiger partial charge in [0.1, 0.15) is 17.7 Å². The molecular formula is C33H39N5O2. The molecule has 4 saturated carbocycles. The fourth-order valence-corrected chi connectivity index (χ4v) is 7.86. The maximum absolute atomic E-state index is 12.7. The van der Waals surface area contributed by atoms with Crippen LogP contribution in [0, 0.1) is 45.8 Å². The Morgan fingerprint density at radius 1 is 0.900 bits per heavy atom. The van der Waals surface area contributed by atoms with Crippen LogP contribution in [0.2, 0.25) is 0 Å². The minimum Gasteiger partial charge on any atom is -0.365 e. The van der Waals surface area contributed by atoms with E-state index in [1.807, 2.05) is 60.5 Å². The predicted octanol–water partition coefficient (Wildman–Crippen LogP) is 5.33. The molecule has 0 saturated heterocycles. The monoisotopic (exact) mass is 537 g/mol. The summed E-state index contributed by atoms with van der Waals surface area (Å²) in [6.45, 7) is 3.14. The largest absolute Gasteiger partial charge is 0.365 e. The highest BCUT2D eigenvalue weighted by Crippen LogP contribution is 2.61. The van der Waals surface area contributed by atoms with Crippen LogP contribution in [0.15, 0.2) is 42.0 Å². The van der Waals surface area contributed by atoms with Crippen LogP contribution >= 0.6 is 0 Å². The summed E-state index contributed by atoms with van der Waals surface area (Å²) in [7, 11) is 1.89. The zero-order chi connectivity index (χ0) is 28.3. The molecule has 2 amide bonds. The van der Waals surface area contributed by atoms with Crippen LogP contribution in [0.25, 0.3) is 16.3 Å². The highest BCUT2D eigenvalue weighted by molar-refractivity contribution is 5.90. The van der Waals surface area contributed by atoms with Gasteiger partial charge in [-0.25, -0.2) is 0 Å². The quantitative estimate of drug-likeness (QED) is 0.315. The molecule has 0 aliphatic heterocycles. The predicted molar refractivity (Wildman–Crippen MR) is 157 cm³/mol. The van der Waals surface area contributed by atoms with E-state index in [1.165, 1.54) is 38.5 Å². The van der Waals surface area contributed by atoms with Gasteiger partial charge in [0.05, 0.1) is 6.54 Å². The molecule has 4 fully saturated rings. The smallest absolute Gasteiger partial charge is 0.239 e. The number of rotatable bonds is 10. The average molecular weight is 538 g/mol. The number of nitrogens with one attached hydrogen (secondary N) is 2. The highest BCUT2D eigenvalue weighted by atomic mass is 16.2. The van der Waals surface area contributed by atoms with Gasteiger partial charge in [-0.15, -0.1) is 0 Å². The second-order valence-corrected chi connectivity index (χ2v) is 12.5.